The van der Waals surface area contributed by atoms with Crippen molar-refractivity contribution in [2.45, 2.75) is 11.8 Å². The van der Waals surface area contributed by atoms with Crippen LogP contribution in [0.5, 0.6) is 0 Å². The first-order valence-electron chi connectivity index (χ1n) is 12.3. The minimum Gasteiger partial charge on any atom is -0.461 e. The fraction of sp³-hybridized carbons (Fsp3) is 0.0667. The highest BCUT2D eigenvalue weighted by Gasteiger charge is 2.32. The number of ether oxygens (including phenoxy) is 1. The molecule has 0 aliphatic heterocycles. The first-order chi connectivity index (χ1) is 19.6. The molecular formula is C30H21Cl3N2O5S. The van der Waals surface area contributed by atoms with Crippen molar-refractivity contribution in [3.63, 3.8) is 0 Å². The monoisotopic (exact) mass is 626 g/mol. The van der Waals surface area contributed by atoms with Gasteiger partial charge < -0.3 is 10.1 Å². The summed E-state index contributed by atoms with van der Waals surface area (Å²) in [5.74, 6) is -1.64. The SMILES string of the molecule is CCOC(=O)c1c(C=C(Cl)C(=O)Nc2cccc3ccccc23)c2c(Cl)cc(Cl)cc2n1S(=O)(=O)c1ccccc1. The summed E-state index contributed by atoms with van der Waals surface area (Å²) in [6.45, 7) is 1.54. The van der Waals surface area contributed by atoms with Gasteiger partial charge in [-0.15, -0.1) is 0 Å². The van der Waals surface area contributed by atoms with Crippen LogP contribution >= 0.6 is 34.8 Å². The maximum absolute atomic E-state index is 13.9. The van der Waals surface area contributed by atoms with Gasteiger partial charge in [-0.3, -0.25) is 4.79 Å². The van der Waals surface area contributed by atoms with Gasteiger partial charge in [0, 0.05) is 27.0 Å². The molecular weight excluding hydrogens is 607 g/mol. The van der Waals surface area contributed by atoms with Crippen molar-refractivity contribution < 1.29 is 22.7 Å². The molecule has 0 aliphatic carbocycles. The van der Waals surface area contributed by atoms with Crippen LogP contribution in [-0.4, -0.2) is 30.9 Å². The van der Waals surface area contributed by atoms with E-state index < -0.39 is 21.9 Å². The van der Waals surface area contributed by atoms with Gasteiger partial charge in [-0.25, -0.2) is 17.2 Å². The summed E-state index contributed by atoms with van der Waals surface area (Å²) < 4.78 is 33.9. The van der Waals surface area contributed by atoms with Crippen LogP contribution in [0.3, 0.4) is 0 Å². The number of benzene rings is 4. The quantitative estimate of drug-likeness (QED) is 0.147. The summed E-state index contributed by atoms with van der Waals surface area (Å²) in [6, 6.07) is 23.2. The van der Waals surface area contributed by atoms with Crippen molar-refractivity contribution in [2.24, 2.45) is 0 Å². The molecule has 0 unspecified atom stereocenters. The summed E-state index contributed by atoms with van der Waals surface area (Å²) in [7, 11) is -4.38. The molecule has 0 spiro atoms. The van der Waals surface area contributed by atoms with Crippen LogP contribution in [0.25, 0.3) is 27.8 Å². The van der Waals surface area contributed by atoms with Crippen LogP contribution in [0.2, 0.25) is 10.0 Å². The predicted molar refractivity (Wildman–Crippen MR) is 163 cm³/mol. The largest absolute Gasteiger partial charge is 0.461 e. The molecule has 11 heteroatoms. The number of anilines is 1. The number of halogens is 3. The van der Waals surface area contributed by atoms with Crippen molar-refractivity contribution in [2.75, 3.05) is 11.9 Å². The number of amides is 1. The number of carbonyl (C=O) groups excluding carboxylic acids is 2. The van der Waals surface area contributed by atoms with Crippen LogP contribution in [-0.2, 0) is 19.6 Å². The van der Waals surface area contributed by atoms with Gasteiger partial charge in [0.1, 0.15) is 5.03 Å². The molecule has 41 heavy (non-hydrogen) atoms. The number of hydrogen-bond acceptors (Lipinski definition) is 5. The molecule has 4 aromatic carbocycles. The van der Waals surface area contributed by atoms with Gasteiger partial charge in [0.15, 0.2) is 5.69 Å². The van der Waals surface area contributed by atoms with Gasteiger partial charge in [0.05, 0.1) is 22.0 Å². The molecule has 0 radical (unpaired) electrons. The minimum absolute atomic E-state index is 0.0135. The van der Waals surface area contributed by atoms with E-state index in [1.165, 1.54) is 30.3 Å². The molecule has 0 aliphatic rings. The fourth-order valence-electron chi connectivity index (χ4n) is 4.52. The average Bonchev–Trinajstić information content (AvgIpc) is 3.28. The second kappa shape index (κ2) is 11.6. The van der Waals surface area contributed by atoms with Crippen LogP contribution in [0.15, 0.2) is 94.9 Å². The van der Waals surface area contributed by atoms with E-state index in [4.69, 9.17) is 39.5 Å². The zero-order valence-electron chi connectivity index (χ0n) is 21.4. The number of rotatable bonds is 7. The Kier molecular flexibility index (Phi) is 8.11. The van der Waals surface area contributed by atoms with Crippen LogP contribution < -0.4 is 5.32 Å². The highest BCUT2D eigenvalue weighted by atomic mass is 35.5. The summed E-state index contributed by atoms with van der Waals surface area (Å²) >= 11 is 19.4. The molecule has 0 saturated carbocycles. The molecule has 7 nitrogen and oxygen atoms in total. The summed E-state index contributed by atoms with van der Waals surface area (Å²) in [4.78, 5) is 26.5. The summed E-state index contributed by atoms with van der Waals surface area (Å²) in [6.07, 6.45) is 1.20. The van der Waals surface area contributed by atoms with E-state index in [0.717, 1.165) is 14.7 Å². The minimum atomic E-state index is -4.38. The Morgan fingerprint density at radius 3 is 2.37 bits per heavy atom. The number of nitrogens with one attached hydrogen (secondary N) is 1. The summed E-state index contributed by atoms with van der Waals surface area (Å²) in [5.41, 5.74) is 0.132. The van der Waals surface area contributed by atoms with E-state index in [9.17, 15) is 18.0 Å². The molecule has 208 valence electrons. The number of aromatic nitrogens is 1. The van der Waals surface area contributed by atoms with Crippen LogP contribution in [0, 0.1) is 0 Å². The van der Waals surface area contributed by atoms with E-state index in [1.54, 1.807) is 37.3 Å². The molecule has 1 heterocycles. The molecule has 0 saturated heterocycles. The zero-order valence-corrected chi connectivity index (χ0v) is 24.5. The van der Waals surface area contributed by atoms with Crippen LogP contribution in [0.4, 0.5) is 5.69 Å². The topological polar surface area (TPSA) is 94.5 Å². The van der Waals surface area contributed by atoms with E-state index in [1.807, 2.05) is 30.3 Å². The Morgan fingerprint density at radius 2 is 1.63 bits per heavy atom. The van der Waals surface area contributed by atoms with Gasteiger partial charge in [-0.1, -0.05) is 89.4 Å². The average molecular weight is 628 g/mol. The third kappa shape index (κ3) is 5.44. The van der Waals surface area contributed by atoms with Gasteiger partial charge >= 0.3 is 5.97 Å². The molecule has 5 aromatic rings. The summed E-state index contributed by atoms with van der Waals surface area (Å²) in [5, 5.41) is 4.48. The Bertz CT molecular complexity index is 1960. The number of nitrogens with zero attached hydrogens (tertiary/aromatic N) is 1. The van der Waals surface area contributed by atoms with Gasteiger partial charge in [-0.05, 0) is 48.7 Å². The standard InChI is InChI=1S/C30H21Cl3N2O5S/c1-2-40-30(37)28-22(17-24(33)29(36)34-25-14-8-10-18-9-6-7-13-21(18)25)27-23(32)15-19(31)16-26(27)35(28)41(38,39)20-11-4-3-5-12-20/h3-17H,2H2,1H3,(H,34,36). The number of esters is 1. The molecule has 1 aromatic heterocycles. The maximum atomic E-state index is 13.9. The van der Waals surface area contributed by atoms with Crippen molar-refractivity contribution in [1.82, 2.24) is 3.97 Å². The predicted octanol–water partition coefficient (Wildman–Crippen LogP) is 7.73. The lowest BCUT2D eigenvalue weighted by atomic mass is 10.1. The third-order valence-electron chi connectivity index (χ3n) is 6.26. The molecule has 5 rings (SSSR count). The van der Waals surface area contributed by atoms with Crippen LogP contribution in [0.1, 0.15) is 23.0 Å². The van der Waals surface area contributed by atoms with Crippen molar-refractivity contribution >= 4 is 90.1 Å². The lowest BCUT2D eigenvalue weighted by Crippen LogP contribution is -2.20. The van der Waals surface area contributed by atoms with E-state index in [2.05, 4.69) is 5.32 Å². The first kappa shape index (κ1) is 28.7. The first-order valence-corrected chi connectivity index (χ1v) is 14.9. The van der Waals surface area contributed by atoms with E-state index >= 15 is 0 Å². The Hall–Kier alpha value is -3.82. The molecule has 0 bridgehead atoms. The van der Waals surface area contributed by atoms with Gasteiger partial charge in [0.2, 0.25) is 0 Å². The van der Waals surface area contributed by atoms with E-state index in [0.29, 0.717) is 5.69 Å². The Labute approximate surface area is 250 Å². The number of fused-ring (bicyclic) bond motifs is 2. The lowest BCUT2D eigenvalue weighted by Gasteiger charge is -2.12. The highest BCUT2D eigenvalue weighted by molar-refractivity contribution is 7.90. The number of carbonyl (C=O) groups is 2. The smallest absolute Gasteiger partial charge is 0.356 e. The third-order valence-corrected chi connectivity index (χ3v) is 8.78. The van der Waals surface area contributed by atoms with E-state index in [-0.39, 0.29) is 48.7 Å². The molecule has 0 atom stereocenters. The molecule has 0 fully saturated rings. The molecule has 1 amide bonds. The van der Waals surface area contributed by atoms with Crippen molar-refractivity contribution in [3.05, 3.63) is 111 Å². The highest BCUT2D eigenvalue weighted by Crippen LogP contribution is 2.39. The molecule has 1 N–H and O–H groups in total. The van der Waals surface area contributed by atoms with Gasteiger partial charge in [0.25, 0.3) is 15.9 Å². The van der Waals surface area contributed by atoms with Gasteiger partial charge in [-0.2, -0.15) is 0 Å². The normalized spacial score (nSPS) is 12.0. The fourth-order valence-corrected chi connectivity index (χ4v) is 6.79. The van der Waals surface area contributed by atoms with Crippen molar-refractivity contribution in [3.8, 4) is 0 Å². The Balaban J connectivity index is 1.74. The van der Waals surface area contributed by atoms with Crippen molar-refractivity contribution in [1.29, 1.82) is 0 Å². The lowest BCUT2D eigenvalue weighted by molar-refractivity contribution is -0.112. The number of hydrogen-bond donors (Lipinski definition) is 1. The Morgan fingerprint density at radius 1 is 0.951 bits per heavy atom. The maximum Gasteiger partial charge on any atom is 0.356 e. The second-order valence-electron chi connectivity index (χ2n) is 8.82. The zero-order chi connectivity index (χ0) is 29.3. The second-order valence-corrected chi connectivity index (χ2v) is 11.9.